The lowest BCUT2D eigenvalue weighted by molar-refractivity contribution is -0.385. The molecule has 11 nitrogen and oxygen atoms in total. The minimum atomic E-state index is -0.787. The third kappa shape index (κ3) is 3.92. The van der Waals surface area contributed by atoms with Crippen molar-refractivity contribution in [3.05, 3.63) is 151 Å². The zero-order valence-electron chi connectivity index (χ0n) is 22.4. The number of benzene rings is 4. The fourth-order valence-electron chi connectivity index (χ4n) is 6.93. The molecule has 1 fully saturated rings. The monoisotopic (exact) mass is 574 g/mol. The number of hydrazine groups is 1. The van der Waals surface area contributed by atoms with E-state index in [1.807, 2.05) is 48.5 Å². The Morgan fingerprint density at radius 1 is 0.674 bits per heavy atom. The summed E-state index contributed by atoms with van der Waals surface area (Å²) < 4.78 is 0. The maximum Gasteiger partial charge on any atom is 0.273 e. The second-order valence-electron chi connectivity index (χ2n) is 10.8. The topological polar surface area (TPSA) is 144 Å². The van der Waals surface area contributed by atoms with Gasteiger partial charge in [-0.2, -0.15) is 5.01 Å². The molecule has 1 aliphatic heterocycles. The van der Waals surface area contributed by atoms with Gasteiger partial charge in [-0.1, -0.05) is 66.7 Å². The molecule has 0 aromatic heterocycles. The Bertz CT molecular complexity index is 1760. The van der Waals surface area contributed by atoms with E-state index in [9.17, 15) is 34.6 Å². The molecule has 2 atom stereocenters. The standard InChI is InChI=1S/C32H22N4O7/c37-30(19-6-5-7-21(16-19)36(42)43)33(17-18-12-14-20(15-13-18)35(40)41)34-31(38)28-26-22-8-1-2-9-23(22)27(29(28)32(34)39)25-11-4-3-10-24(25)26/h1-16,26-29H,17H2/t26?,27?,28-,29+. The van der Waals surface area contributed by atoms with Crippen molar-refractivity contribution in [1.82, 2.24) is 10.0 Å². The first-order valence-corrected chi connectivity index (χ1v) is 13.6. The van der Waals surface area contributed by atoms with Crippen LogP contribution >= 0.6 is 0 Å². The van der Waals surface area contributed by atoms with Gasteiger partial charge in [0, 0.05) is 41.7 Å². The molecule has 0 radical (unpaired) electrons. The number of imide groups is 1. The van der Waals surface area contributed by atoms with E-state index in [1.54, 1.807) is 0 Å². The number of amides is 3. The van der Waals surface area contributed by atoms with Crippen LogP contribution in [-0.2, 0) is 16.1 Å². The third-order valence-corrected chi connectivity index (χ3v) is 8.68. The molecule has 1 heterocycles. The summed E-state index contributed by atoms with van der Waals surface area (Å²) in [6.45, 7) is -0.272. The molecule has 43 heavy (non-hydrogen) atoms. The smallest absolute Gasteiger partial charge is 0.272 e. The maximum absolute atomic E-state index is 14.4. The Hall–Kier alpha value is -5.71. The molecule has 212 valence electrons. The molecule has 1 saturated heterocycles. The van der Waals surface area contributed by atoms with E-state index in [1.165, 1.54) is 42.5 Å². The van der Waals surface area contributed by atoms with Crippen molar-refractivity contribution in [2.75, 3.05) is 0 Å². The Labute approximate surface area is 244 Å². The van der Waals surface area contributed by atoms with E-state index in [0.717, 1.165) is 38.3 Å². The van der Waals surface area contributed by atoms with Crippen molar-refractivity contribution in [1.29, 1.82) is 0 Å². The number of nitro benzene ring substituents is 2. The molecule has 4 aromatic carbocycles. The van der Waals surface area contributed by atoms with Crippen LogP contribution in [0.2, 0.25) is 0 Å². The number of nitro groups is 2. The highest BCUT2D eigenvalue weighted by atomic mass is 16.6. The lowest BCUT2D eigenvalue weighted by atomic mass is 9.55. The van der Waals surface area contributed by atoms with Gasteiger partial charge in [0.15, 0.2) is 0 Å². The van der Waals surface area contributed by atoms with Gasteiger partial charge in [0.25, 0.3) is 29.1 Å². The van der Waals surface area contributed by atoms with E-state index < -0.39 is 51.2 Å². The van der Waals surface area contributed by atoms with Gasteiger partial charge in [-0.05, 0) is 33.9 Å². The summed E-state index contributed by atoms with van der Waals surface area (Å²) in [5.74, 6) is -4.13. The molecule has 3 aliphatic carbocycles. The minimum Gasteiger partial charge on any atom is -0.272 e. The van der Waals surface area contributed by atoms with Crippen molar-refractivity contribution in [2.45, 2.75) is 18.4 Å². The van der Waals surface area contributed by atoms with Crippen LogP contribution < -0.4 is 0 Å². The summed E-state index contributed by atoms with van der Waals surface area (Å²) in [6, 6.07) is 26.0. The summed E-state index contributed by atoms with van der Waals surface area (Å²) in [4.78, 5) is 64.2. The number of rotatable bonds is 6. The van der Waals surface area contributed by atoms with Crippen LogP contribution in [0.25, 0.3) is 0 Å². The summed E-state index contributed by atoms with van der Waals surface area (Å²) in [6.07, 6.45) is 0. The number of non-ortho nitro benzene ring substituents is 2. The maximum atomic E-state index is 14.4. The SMILES string of the molecule is O=C(c1cccc([N+](=O)[O-])c1)N(Cc1ccc([N+](=O)[O-])cc1)N1C(=O)[C@@H]2C3c4ccccc4C(c4ccccc43)[C@@H]2C1=O. The molecule has 0 spiro atoms. The Kier molecular flexibility index (Phi) is 5.91. The Balaban J connectivity index is 1.34. The Morgan fingerprint density at radius 3 is 1.63 bits per heavy atom. The van der Waals surface area contributed by atoms with Crippen LogP contribution in [0.4, 0.5) is 11.4 Å². The summed E-state index contributed by atoms with van der Waals surface area (Å²) in [5, 5.41) is 24.6. The van der Waals surface area contributed by atoms with Crippen LogP contribution in [0.5, 0.6) is 0 Å². The number of carbonyl (C=O) groups excluding carboxylic acids is 3. The van der Waals surface area contributed by atoms with E-state index in [4.69, 9.17) is 0 Å². The van der Waals surface area contributed by atoms with Gasteiger partial charge < -0.3 is 0 Å². The second-order valence-corrected chi connectivity index (χ2v) is 10.8. The zero-order chi connectivity index (χ0) is 30.0. The molecule has 4 aliphatic rings. The highest BCUT2D eigenvalue weighted by Gasteiger charge is 2.63. The van der Waals surface area contributed by atoms with E-state index in [0.29, 0.717) is 5.56 Å². The fraction of sp³-hybridized carbons (Fsp3) is 0.156. The molecule has 0 N–H and O–H groups in total. The molecule has 0 saturated carbocycles. The third-order valence-electron chi connectivity index (χ3n) is 8.68. The van der Waals surface area contributed by atoms with Crippen LogP contribution in [0, 0.1) is 32.1 Å². The molecule has 4 aromatic rings. The zero-order valence-corrected chi connectivity index (χ0v) is 22.4. The Morgan fingerprint density at radius 2 is 1.16 bits per heavy atom. The van der Waals surface area contributed by atoms with E-state index >= 15 is 0 Å². The predicted molar refractivity (Wildman–Crippen MR) is 151 cm³/mol. The molecule has 2 bridgehead atoms. The van der Waals surface area contributed by atoms with Crippen molar-refractivity contribution in [3.63, 3.8) is 0 Å². The van der Waals surface area contributed by atoms with Gasteiger partial charge in [0.2, 0.25) is 0 Å². The number of hydrogen-bond acceptors (Lipinski definition) is 7. The van der Waals surface area contributed by atoms with Gasteiger partial charge in [0.05, 0.1) is 28.2 Å². The normalized spacial score (nSPS) is 21.2. The fourth-order valence-corrected chi connectivity index (χ4v) is 6.93. The average molecular weight is 575 g/mol. The first kappa shape index (κ1) is 26.2. The van der Waals surface area contributed by atoms with Crippen LogP contribution in [0.15, 0.2) is 97.1 Å². The highest BCUT2D eigenvalue weighted by Crippen LogP contribution is 2.61. The molecule has 0 unspecified atom stereocenters. The second kappa shape index (κ2) is 9.69. The molecule has 3 amide bonds. The van der Waals surface area contributed by atoms with Crippen LogP contribution in [0.1, 0.15) is 50.0 Å². The van der Waals surface area contributed by atoms with Gasteiger partial charge >= 0.3 is 0 Å². The number of nitrogens with zero attached hydrogens (tertiary/aromatic N) is 4. The van der Waals surface area contributed by atoms with Gasteiger partial charge in [0.1, 0.15) is 0 Å². The van der Waals surface area contributed by atoms with Crippen molar-refractivity contribution >= 4 is 29.1 Å². The molecular formula is C32H22N4O7. The van der Waals surface area contributed by atoms with Gasteiger partial charge in [-0.3, -0.25) is 34.6 Å². The van der Waals surface area contributed by atoms with E-state index in [2.05, 4.69) is 0 Å². The first-order valence-electron chi connectivity index (χ1n) is 13.6. The summed E-state index contributed by atoms with van der Waals surface area (Å²) in [5.41, 5.74) is 3.76. The van der Waals surface area contributed by atoms with Crippen molar-refractivity contribution in [3.8, 4) is 0 Å². The average Bonchev–Trinajstić information content (AvgIpc) is 3.29. The molecule has 11 heteroatoms. The molecular weight excluding hydrogens is 552 g/mol. The number of hydrogen-bond donors (Lipinski definition) is 0. The van der Waals surface area contributed by atoms with Crippen LogP contribution in [0.3, 0.4) is 0 Å². The summed E-state index contributed by atoms with van der Waals surface area (Å²) >= 11 is 0. The van der Waals surface area contributed by atoms with E-state index in [-0.39, 0.29) is 23.5 Å². The lowest BCUT2D eigenvalue weighted by Crippen LogP contribution is -2.50. The predicted octanol–water partition coefficient (Wildman–Crippen LogP) is 4.95. The minimum absolute atomic E-state index is 0.0823. The van der Waals surface area contributed by atoms with Crippen molar-refractivity contribution in [2.24, 2.45) is 11.8 Å². The first-order chi connectivity index (χ1) is 20.8. The van der Waals surface area contributed by atoms with Gasteiger partial charge in [-0.25, -0.2) is 5.01 Å². The largest absolute Gasteiger partial charge is 0.273 e. The van der Waals surface area contributed by atoms with Crippen LogP contribution in [-0.4, -0.2) is 37.6 Å². The quantitative estimate of drug-likeness (QED) is 0.180. The van der Waals surface area contributed by atoms with Gasteiger partial charge in [-0.15, -0.1) is 0 Å². The highest BCUT2D eigenvalue weighted by molar-refractivity contribution is 6.09. The lowest BCUT2D eigenvalue weighted by Gasteiger charge is -2.45. The number of carbonyl (C=O) groups is 3. The summed E-state index contributed by atoms with van der Waals surface area (Å²) in [7, 11) is 0. The molecule has 8 rings (SSSR count). The van der Waals surface area contributed by atoms with Crippen molar-refractivity contribution < 1.29 is 24.2 Å².